The van der Waals surface area contributed by atoms with E-state index in [9.17, 15) is 12.8 Å². The molecule has 1 fully saturated rings. The molecule has 0 radical (unpaired) electrons. The second-order valence-corrected chi connectivity index (χ2v) is 8.36. The minimum absolute atomic E-state index is 0. The number of benzene rings is 1. The van der Waals surface area contributed by atoms with Crippen LogP contribution in [0.3, 0.4) is 0 Å². The van der Waals surface area contributed by atoms with Gasteiger partial charge in [0.05, 0.1) is 4.90 Å². The third-order valence-corrected chi connectivity index (χ3v) is 5.08. The first-order valence-electron chi connectivity index (χ1n) is 7.45. The van der Waals surface area contributed by atoms with Crippen LogP contribution in [0.25, 0.3) is 0 Å². The molecule has 1 aromatic carbocycles. The fourth-order valence-corrected chi connectivity index (χ4v) is 4.09. The molecular weight excluding hydrogens is 341 g/mol. The largest absolute Gasteiger partial charge is 0.324 e. The van der Waals surface area contributed by atoms with Crippen LogP contribution in [0.5, 0.6) is 0 Å². The molecular formula is C15H25ClFN3O2S. The first-order chi connectivity index (χ1) is 10.2. The van der Waals surface area contributed by atoms with Crippen LogP contribution in [0.15, 0.2) is 29.2 Å². The van der Waals surface area contributed by atoms with Gasteiger partial charge in [0.2, 0.25) is 10.0 Å². The molecule has 8 heteroatoms. The number of hydrogen-bond acceptors (Lipinski definition) is 4. The lowest BCUT2D eigenvalue weighted by atomic mass is 10.0. The van der Waals surface area contributed by atoms with E-state index in [1.54, 1.807) is 0 Å². The van der Waals surface area contributed by atoms with Crippen molar-refractivity contribution in [1.29, 1.82) is 0 Å². The number of nitrogens with zero attached hydrogens (tertiary/aromatic N) is 1. The van der Waals surface area contributed by atoms with Crippen LogP contribution in [0.1, 0.15) is 26.7 Å². The van der Waals surface area contributed by atoms with E-state index in [4.69, 9.17) is 5.73 Å². The van der Waals surface area contributed by atoms with Crippen molar-refractivity contribution >= 4 is 22.4 Å². The minimum atomic E-state index is -3.70. The smallest absolute Gasteiger partial charge is 0.240 e. The molecule has 0 saturated carbocycles. The molecule has 1 aromatic rings. The molecule has 3 N–H and O–H groups in total. The van der Waals surface area contributed by atoms with Crippen LogP contribution < -0.4 is 10.5 Å². The van der Waals surface area contributed by atoms with E-state index in [0.717, 1.165) is 25.5 Å². The first kappa shape index (κ1) is 20.3. The third-order valence-electron chi connectivity index (χ3n) is 3.56. The van der Waals surface area contributed by atoms with Crippen molar-refractivity contribution in [2.75, 3.05) is 19.6 Å². The van der Waals surface area contributed by atoms with Gasteiger partial charge in [-0.05, 0) is 51.4 Å². The summed E-state index contributed by atoms with van der Waals surface area (Å²) in [6.07, 6.45) is 1.68. The molecule has 1 unspecified atom stereocenters. The maximum atomic E-state index is 13.2. The number of rotatable bonds is 5. The van der Waals surface area contributed by atoms with Gasteiger partial charge in [0, 0.05) is 24.7 Å². The zero-order valence-corrected chi connectivity index (χ0v) is 15.1. The molecule has 0 bridgehead atoms. The molecule has 23 heavy (non-hydrogen) atoms. The lowest BCUT2D eigenvalue weighted by Gasteiger charge is -2.36. The lowest BCUT2D eigenvalue weighted by Crippen LogP contribution is -2.53. The predicted molar refractivity (Wildman–Crippen MR) is 91.7 cm³/mol. The second kappa shape index (κ2) is 7.90. The first-order valence-corrected chi connectivity index (χ1v) is 8.93. The number of nitrogens with one attached hydrogen (secondary N) is 1. The van der Waals surface area contributed by atoms with Crippen molar-refractivity contribution in [2.45, 2.75) is 43.2 Å². The van der Waals surface area contributed by atoms with Gasteiger partial charge in [-0.3, -0.25) is 4.90 Å². The molecule has 132 valence electrons. The SMILES string of the molecule is CC(C)(N)CN1CCCC(NS(=O)(=O)c2cccc(F)c2)C1.Cl. The standard InChI is InChI=1S/C15H24FN3O2S.ClH/c1-15(2,17)11-19-8-4-6-13(10-19)18-22(20,21)14-7-3-5-12(16)9-14;/h3,5,7,9,13,18H,4,6,8,10-11,17H2,1-2H3;1H. The number of halogens is 2. The average Bonchev–Trinajstić information content (AvgIpc) is 2.36. The molecule has 5 nitrogen and oxygen atoms in total. The normalized spacial score (nSPS) is 20.1. The van der Waals surface area contributed by atoms with Crippen molar-refractivity contribution in [3.63, 3.8) is 0 Å². The topological polar surface area (TPSA) is 75.4 Å². The van der Waals surface area contributed by atoms with Crippen LogP contribution in [0.2, 0.25) is 0 Å². The van der Waals surface area contributed by atoms with Gasteiger partial charge in [0.1, 0.15) is 5.82 Å². The Morgan fingerprint density at radius 2 is 2.13 bits per heavy atom. The van der Waals surface area contributed by atoms with E-state index in [1.165, 1.54) is 18.2 Å². The molecule has 0 aromatic heterocycles. The number of piperidine rings is 1. The van der Waals surface area contributed by atoms with Crippen LogP contribution in [-0.2, 0) is 10.0 Å². The van der Waals surface area contributed by atoms with Crippen molar-refractivity contribution in [2.24, 2.45) is 5.73 Å². The van der Waals surface area contributed by atoms with E-state index in [0.29, 0.717) is 13.1 Å². The van der Waals surface area contributed by atoms with E-state index in [2.05, 4.69) is 9.62 Å². The minimum Gasteiger partial charge on any atom is -0.324 e. The summed E-state index contributed by atoms with van der Waals surface area (Å²) in [7, 11) is -3.70. The maximum Gasteiger partial charge on any atom is 0.240 e. The van der Waals surface area contributed by atoms with Gasteiger partial charge in [-0.25, -0.2) is 17.5 Å². The fraction of sp³-hybridized carbons (Fsp3) is 0.600. The average molecular weight is 366 g/mol. The number of likely N-dealkylation sites (tertiary alicyclic amines) is 1. The maximum absolute atomic E-state index is 13.2. The Morgan fingerprint density at radius 3 is 2.74 bits per heavy atom. The van der Waals surface area contributed by atoms with Gasteiger partial charge in [-0.1, -0.05) is 6.07 Å². The van der Waals surface area contributed by atoms with E-state index in [1.807, 2.05) is 13.8 Å². The predicted octanol–water partition coefficient (Wildman–Crippen LogP) is 1.73. The molecule has 0 amide bonds. The van der Waals surface area contributed by atoms with E-state index in [-0.39, 0.29) is 28.9 Å². The van der Waals surface area contributed by atoms with Gasteiger partial charge in [-0.15, -0.1) is 12.4 Å². The zero-order chi connectivity index (χ0) is 16.4. The lowest BCUT2D eigenvalue weighted by molar-refractivity contribution is 0.171. The summed E-state index contributed by atoms with van der Waals surface area (Å²) in [6, 6.07) is 4.88. The molecule has 1 saturated heterocycles. The van der Waals surface area contributed by atoms with Crippen LogP contribution in [-0.4, -0.2) is 44.5 Å². The summed E-state index contributed by atoms with van der Waals surface area (Å²) in [4.78, 5) is 2.13. The molecule has 1 heterocycles. The zero-order valence-electron chi connectivity index (χ0n) is 13.5. The van der Waals surface area contributed by atoms with Crippen LogP contribution in [0.4, 0.5) is 4.39 Å². The summed E-state index contributed by atoms with van der Waals surface area (Å²) in [6.45, 7) is 6.15. The van der Waals surface area contributed by atoms with Crippen molar-refractivity contribution in [1.82, 2.24) is 9.62 Å². The molecule has 1 aliphatic rings. The summed E-state index contributed by atoms with van der Waals surface area (Å²) in [5.74, 6) is -0.557. The summed E-state index contributed by atoms with van der Waals surface area (Å²) in [5, 5.41) is 0. The highest BCUT2D eigenvalue weighted by Crippen LogP contribution is 2.16. The Kier molecular flexibility index (Phi) is 6.97. The number of nitrogens with two attached hydrogens (primary N) is 1. The Balaban J connectivity index is 0.00000264. The molecule has 2 rings (SSSR count). The van der Waals surface area contributed by atoms with Crippen LogP contribution in [0, 0.1) is 5.82 Å². The van der Waals surface area contributed by atoms with Gasteiger partial charge >= 0.3 is 0 Å². The summed E-state index contributed by atoms with van der Waals surface area (Å²) < 4.78 is 40.5. The highest BCUT2D eigenvalue weighted by Gasteiger charge is 2.27. The molecule has 1 aliphatic heterocycles. The number of hydrogen-bond donors (Lipinski definition) is 2. The second-order valence-electron chi connectivity index (χ2n) is 6.64. The van der Waals surface area contributed by atoms with Gasteiger partial charge in [0.25, 0.3) is 0 Å². The van der Waals surface area contributed by atoms with E-state index < -0.39 is 15.8 Å². The van der Waals surface area contributed by atoms with E-state index >= 15 is 0 Å². The highest BCUT2D eigenvalue weighted by molar-refractivity contribution is 7.89. The molecule has 0 aliphatic carbocycles. The third kappa shape index (κ3) is 6.35. The van der Waals surface area contributed by atoms with Crippen molar-refractivity contribution in [3.05, 3.63) is 30.1 Å². The van der Waals surface area contributed by atoms with Gasteiger partial charge in [-0.2, -0.15) is 0 Å². The summed E-state index contributed by atoms with van der Waals surface area (Å²) in [5.41, 5.74) is 5.71. The quantitative estimate of drug-likeness (QED) is 0.833. The molecule has 0 spiro atoms. The highest BCUT2D eigenvalue weighted by atomic mass is 35.5. The molecule has 1 atom stereocenters. The van der Waals surface area contributed by atoms with Crippen molar-refractivity contribution < 1.29 is 12.8 Å². The summed E-state index contributed by atoms with van der Waals surface area (Å²) >= 11 is 0. The Bertz CT molecular complexity index is 619. The van der Waals surface area contributed by atoms with Gasteiger partial charge in [0.15, 0.2) is 0 Å². The Labute approximate surface area is 143 Å². The monoisotopic (exact) mass is 365 g/mol. The van der Waals surface area contributed by atoms with Crippen molar-refractivity contribution in [3.8, 4) is 0 Å². The Hall–Kier alpha value is -0.730. The fourth-order valence-electron chi connectivity index (χ4n) is 2.79. The Morgan fingerprint density at radius 1 is 1.43 bits per heavy atom. The van der Waals surface area contributed by atoms with Gasteiger partial charge < -0.3 is 5.73 Å². The number of sulfonamides is 1. The van der Waals surface area contributed by atoms with Crippen LogP contribution >= 0.6 is 12.4 Å².